The number of hydrogen-bond donors (Lipinski definition) is 0. The van der Waals surface area contributed by atoms with Gasteiger partial charge in [-0.1, -0.05) is 44.2 Å². The van der Waals surface area contributed by atoms with E-state index >= 15 is 0 Å². The highest BCUT2D eigenvalue weighted by Gasteiger charge is 2.43. The molecule has 20 heavy (non-hydrogen) atoms. The van der Waals surface area contributed by atoms with Gasteiger partial charge in [-0.25, -0.2) is 0 Å². The Morgan fingerprint density at radius 2 is 1.65 bits per heavy atom. The third-order valence-electron chi connectivity index (χ3n) is 3.56. The highest BCUT2D eigenvalue weighted by atomic mass is 28.4. The molecule has 0 atom stereocenters. The van der Waals surface area contributed by atoms with Gasteiger partial charge < -0.3 is 13.6 Å². The van der Waals surface area contributed by atoms with E-state index in [9.17, 15) is 0 Å². The van der Waals surface area contributed by atoms with Gasteiger partial charge in [0.25, 0.3) is 0 Å². The molecular formula is C16H26O3Si. The van der Waals surface area contributed by atoms with Gasteiger partial charge in [-0.05, 0) is 18.0 Å². The van der Waals surface area contributed by atoms with Crippen LogP contribution in [0.1, 0.15) is 26.7 Å². The first-order valence-electron chi connectivity index (χ1n) is 7.72. The second kappa shape index (κ2) is 7.93. The number of rotatable bonds is 9. The van der Waals surface area contributed by atoms with Crippen molar-refractivity contribution in [3.63, 3.8) is 0 Å². The topological polar surface area (TPSA) is 27.7 Å². The van der Waals surface area contributed by atoms with Gasteiger partial charge in [0.2, 0.25) is 0 Å². The largest absolute Gasteiger partial charge is 0.391 e. The van der Waals surface area contributed by atoms with Gasteiger partial charge in [0, 0.05) is 25.2 Å². The van der Waals surface area contributed by atoms with Crippen LogP contribution in [0.4, 0.5) is 0 Å². The van der Waals surface area contributed by atoms with Gasteiger partial charge in [0.05, 0.1) is 13.2 Å². The van der Waals surface area contributed by atoms with Crippen molar-refractivity contribution in [1.29, 1.82) is 0 Å². The SMILES string of the molecule is CCCO[Si](CC1COC1)(OCCC)c1ccccc1. The summed E-state index contributed by atoms with van der Waals surface area (Å²) >= 11 is 0. The van der Waals surface area contributed by atoms with E-state index in [1.807, 2.05) is 0 Å². The fraction of sp³-hybridized carbons (Fsp3) is 0.625. The van der Waals surface area contributed by atoms with Gasteiger partial charge >= 0.3 is 8.56 Å². The Hall–Kier alpha value is -0.683. The van der Waals surface area contributed by atoms with Gasteiger partial charge in [-0.3, -0.25) is 0 Å². The van der Waals surface area contributed by atoms with Crippen LogP contribution < -0.4 is 5.19 Å². The first-order valence-corrected chi connectivity index (χ1v) is 9.74. The van der Waals surface area contributed by atoms with Crippen LogP contribution in [0.3, 0.4) is 0 Å². The number of hydrogen-bond acceptors (Lipinski definition) is 3. The highest BCUT2D eigenvalue weighted by Crippen LogP contribution is 2.26. The first-order chi connectivity index (χ1) is 9.80. The summed E-state index contributed by atoms with van der Waals surface area (Å²) in [7, 11) is -2.33. The smallest absolute Gasteiger partial charge is 0.372 e. The highest BCUT2D eigenvalue weighted by molar-refractivity contribution is 6.81. The summed E-state index contributed by atoms with van der Waals surface area (Å²) in [6.45, 7) is 7.56. The van der Waals surface area contributed by atoms with E-state index in [-0.39, 0.29) is 0 Å². The van der Waals surface area contributed by atoms with Crippen LogP contribution in [0.2, 0.25) is 6.04 Å². The summed E-state index contributed by atoms with van der Waals surface area (Å²) in [5, 5.41) is 1.26. The third kappa shape index (κ3) is 3.91. The van der Waals surface area contributed by atoms with Crippen LogP contribution in [0, 0.1) is 5.92 Å². The molecule has 1 aliphatic heterocycles. The maximum Gasteiger partial charge on any atom is 0.372 e. The molecule has 1 saturated heterocycles. The van der Waals surface area contributed by atoms with Gasteiger partial charge in [-0.15, -0.1) is 0 Å². The fourth-order valence-electron chi connectivity index (χ4n) is 2.45. The maximum absolute atomic E-state index is 6.33. The van der Waals surface area contributed by atoms with E-state index in [2.05, 4.69) is 44.2 Å². The van der Waals surface area contributed by atoms with Crippen molar-refractivity contribution in [1.82, 2.24) is 0 Å². The van der Waals surface area contributed by atoms with Crippen LogP contribution in [-0.4, -0.2) is 35.0 Å². The Labute approximate surface area is 123 Å². The molecule has 0 bridgehead atoms. The third-order valence-corrected chi connectivity index (χ3v) is 7.23. The number of benzene rings is 1. The first kappa shape index (κ1) is 15.7. The van der Waals surface area contributed by atoms with Gasteiger partial charge in [0.1, 0.15) is 0 Å². The van der Waals surface area contributed by atoms with Gasteiger partial charge in [-0.2, -0.15) is 0 Å². The molecule has 3 nitrogen and oxygen atoms in total. The molecule has 1 aromatic carbocycles. The minimum absolute atomic E-state index is 0.593. The van der Waals surface area contributed by atoms with Crippen LogP contribution >= 0.6 is 0 Å². The second-order valence-electron chi connectivity index (χ2n) is 5.42. The standard InChI is InChI=1S/C16H26O3Si/c1-3-10-18-20(19-11-4-2,14-15-12-17-13-15)16-8-6-5-7-9-16/h5-9,15H,3-4,10-14H2,1-2H3. The molecule has 2 rings (SSSR count). The summed E-state index contributed by atoms with van der Waals surface area (Å²) in [4.78, 5) is 0. The summed E-state index contributed by atoms with van der Waals surface area (Å²) in [6, 6.07) is 11.6. The Bertz CT molecular complexity index is 371. The summed E-state index contributed by atoms with van der Waals surface area (Å²) in [5.41, 5.74) is 0. The van der Waals surface area contributed by atoms with E-state index in [1.165, 1.54) is 5.19 Å². The lowest BCUT2D eigenvalue weighted by Crippen LogP contribution is -2.57. The Kier molecular flexibility index (Phi) is 6.23. The average Bonchev–Trinajstić information content (AvgIpc) is 2.46. The van der Waals surface area contributed by atoms with Crippen molar-refractivity contribution in [3.05, 3.63) is 30.3 Å². The maximum atomic E-state index is 6.33. The zero-order valence-electron chi connectivity index (χ0n) is 12.6. The van der Waals surface area contributed by atoms with E-state index < -0.39 is 8.56 Å². The molecule has 0 aromatic heterocycles. The molecule has 0 aliphatic carbocycles. The van der Waals surface area contributed by atoms with Crippen molar-refractivity contribution in [3.8, 4) is 0 Å². The van der Waals surface area contributed by atoms with Crippen LogP contribution in [0.25, 0.3) is 0 Å². The van der Waals surface area contributed by atoms with Crippen LogP contribution in [-0.2, 0) is 13.6 Å². The predicted octanol–water partition coefficient (Wildman–Crippen LogP) is 2.84. The molecule has 0 saturated carbocycles. The minimum atomic E-state index is -2.33. The molecular weight excluding hydrogens is 268 g/mol. The molecule has 0 unspecified atom stereocenters. The lowest BCUT2D eigenvalue weighted by molar-refractivity contribution is -0.0271. The Morgan fingerprint density at radius 3 is 2.10 bits per heavy atom. The molecule has 0 spiro atoms. The predicted molar refractivity (Wildman–Crippen MR) is 83.4 cm³/mol. The second-order valence-corrected chi connectivity index (χ2v) is 8.49. The fourth-order valence-corrected chi connectivity index (χ4v) is 6.10. The molecule has 1 aliphatic rings. The van der Waals surface area contributed by atoms with Crippen LogP contribution in [0.15, 0.2) is 30.3 Å². The zero-order chi connectivity index (χ0) is 14.3. The minimum Gasteiger partial charge on any atom is -0.391 e. The molecule has 1 fully saturated rings. The average molecular weight is 294 g/mol. The summed E-state index contributed by atoms with van der Waals surface area (Å²) < 4.78 is 18.0. The zero-order valence-corrected chi connectivity index (χ0v) is 13.6. The van der Waals surface area contributed by atoms with Crippen molar-refractivity contribution in [2.45, 2.75) is 32.7 Å². The van der Waals surface area contributed by atoms with E-state index in [4.69, 9.17) is 13.6 Å². The summed E-state index contributed by atoms with van der Waals surface area (Å²) in [5.74, 6) is 0.593. The Balaban J connectivity index is 2.20. The van der Waals surface area contributed by atoms with Crippen molar-refractivity contribution in [2.24, 2.45) is 5.92 Å². The summed E-state index contributed by atoms with van der Waals surface area (Å²) in [6.07, 6.45) is 2.05. The lowest BCUT2D eigenvalue weighted by atomic mass is 10.1. The molecule has 0 amide bonds. The molecule has 1 aromatic rings. The molecule has 1 heterocycles. The Morgan fingerprint density at radius 1 is 1.05 bits per heavy atom. The van der Waals surface area contributed by atoms with Crippen molar-refractivity contribution >= 4 is 13.7 Å². The normalized spacial score (nSPS) is 16.1. The van der Waals surface area contributed by atoms with E-state index in [0.717, 1.165) is 45.3 Å². The molecule has 112 valence electrons. The van der Waals surface area contributed by atoms with Crippen molar-refractivity contribution < 1.29 is 13.6 Å². The van der Waals surface area contributed by atoms with Gasteiger partial charge in [0.15, 0.2) is 0 Å². The molecule has 0 radical (unpaired) electrons. The van der Waals surface area contributed by atoms with E-state index in [1.54, 1.807) is 0 Å². The molecule has 4 heteroatoms. The van der Waals surface area contributed by atoms with Crippen molar-refractivity contribution in [2.75, 3.05) is 26.4 Å². The monoisotopic (exact) mass is 294 g/mol. The van der Waals surface area contributed by atoms with Crippen LogP contribution in [0.5, 0.6) is 0 Å². The number of ether oxygens (including phenoxy) is 1. The van der Waals surface area contributed by atoms with E-state index in [0.29, 0.717) is 5.92 Å². The lowest BCUT2D eigenvalue weighted by Gasteiger charge is -2.37. The molecule has 0 N–H and O–H groups in total. The quantitative estimate of drug-likeness (QED) is 0.656.